The lowest BCUT2D eigenvalue weighted by Gasteiger charge is -2.26. The van der Waals surface area contributed by atoms with Crippen LogP contribution in [0.4, 0.5) is 0 Å². The molecule has 2 rings (SSSR count). The van der Waals surface area contributed by atoms with Crippen molar-refractivity contribution in [3.63, 3.8) is 0 Å². The highest BCUT2D eigenvalue weighted by Gasteiger charge is 2.27. The van der Waals surface area contributed by atoms with E-state index in [4.69, 9.17) is 5.11 Å². The third kappa shape index (κ3) is 3.60. The number of nitrogens with one attached hydrogen (secondary N) is 1. The maximum absolute atomic E-state index is 12.5. The van der Waals surface area contributed by atoms with E-state index in [2.05, 4.69) is 9.93 Å². The van der Waals surface area contributed by atoms with Gasteiger partial charge in [-0.05, 0) is 26.7 Å². The number of carboxylic acids is 1. The quantitative estimate of drug-likeness (QED) is 0.807. The SMILES string of the molecule is Cc1nn(CC(=O)O)c(C)c1S(=O)(=O)NN1CCCCC1. The molecule has 1 fully saturated rings. The van der Waals surface area contributed by atoms with Crippen LogP contribution in [-0.4, -0.2) is 47.4 Å². The number of aryl methyl sites for hydroxylation is 1. The zero-order chi connectivity index (χ0) is 15.6. The molecule has 0 unspecified atom stereocenters. The Kier molecular flexibility index (Phi) is 4.64. The summed E-state index contributed by atoms with van der Waals surface area (Å²) in [5, 5.41) is 14.5. The first-order chi connectivity index (χ1) is 9.81. The van der Waals surface area contributed by atoms with Gasteiger partial charge in [-0.25, -0.2) is 13.4 Å². The second-order valence-corrected chi connectivity index (χ2v) is 6.79. The van der Waals surface area contributed by atoms with Gasteiger partial charge in [-0.15, -0.1) is 4.83 Å². The molecule has 0 spiro atoms. The van der Waals surface area contributed by atoms with Crippen LogP contribution >= 0.6 is 0 Å². The van der Waals surface area contributed by atoms with Gasteiger partial charge in [0.25, 0.3) is 10.0 Å². The van der Waals surface area contributed by atoms with Crippen molar-refractivity contribution in [1.82, 2.24) is 19.6 Å². The summed E-state index contributed by atoms with van der Waals surface area (Å²) in [4.78, 5) is 13.4. The Labute approximate surface area is 123 Å². The standard InChI is InChI=1S/C12H20N4O4S/c1-9-12(10(2)16(13-9)8-11(17)18)21(19,20)14-15-6-4-3-5-7-15/h14H,3-8H2,1-2H3,(H,17,18). The maximum Gasteiger partial charge on any atom is 0.325 e. The lowest BCUT2D eigenvalue weighted by Crippen LogP contribution is -2.45. The van der Waals surface area contributed by atoms with Gasteiger partial charge < -0.3 is 5.11 Å². The zero-order valence-electron chi connectivity index (χ0n) is 12.2. The van der Waals surface area contributed by atoms with E-state index in [1.165, 1.54) is 4.68 Å². The van der Waals surface area contributed by atoms with E-state index in [1.807, 2.05) is 0 Å². The predicted molar refractivity (Wildman–Crippen MR) is 75.1 cm³/mol. The van der Waals surface area contributed by atoms with E-state index < -0.39 is 16.0 Å². The van der Waals surface area contributed by atoms with Crippen molar-refractivity contribution in [2.24, 2.45) is 0 Å². The molecule has 0 amide bonds. The molecule has 0 atom stereocenters. The Balaban J connectivity index is 2.26. The lowest BCUT2D eigenvalue weighted by molar-refractivity contribution is -0.137. The van der Waals surface area contributed by atoms with E-state index >= 15 is 0 Å². The normalized spacial score (nSPS) is 17.0. The minimum absolute atomic E-state index is 0.0642. The molecule has 118 valence electrons. The number of carboxylic acid groups (broad SMARTS) is 1. The van der Waals surface area contributed by atoms with E-state index in [-0.39, 0.29) is 11.4 Å². The maximum atomic E-state index is 12.5. The molecule has 0 bridgehead atoms. The molecule has 21 heavy (non-hydrogen) atoms. The molecular weight excluding hydrogens is 296 g/mol. The summed E-state index contributed by atoms with van der Waals surface area (Å²) in [5.74, 6) is -1.06. The van der Waals surface area contributed by atoms with Crippen molar-refractivity contribution in [3.05, 3.63) is 11.4 Å². The fraction of sp³-hybridized carbons (Fsp3) is 0.667. The molecule has 0 radical (unpaired) electrons. The van der Waals surface area contributed by atoms with Gasteiger partial charge in [0.1, 0.15) is 11.4 Å². The molecule has 0 saturated carbocycles. The molecule has 0 aliphatic carbocycles. The number of rotatable bonds is 5. The Hall–Kier alpha value is -1.45. The highest BCUT2D eigenvalue weighted by Crippen LogP contribution is 2.20. The van der Waals surface area contributed by atoms with Crippen LogP contribution in [0.15, 0.2) is 4.90 Å². The molecule has 1 aromatic rings. The van der Waals surface area contributed by atoms with Crippen LogP contribution in [-0.2, 0) is 21.4 Å². The minimum Gasteiger partial charge on any atom is -0.480 e. The molecule has 8 nitrogen and oxygen atoms in total. The first kappa shape index (κ1) is 15.9. The van der Waals surface area contributed by atoms with Gasteiger partial charge in [0.15, 0.2) is 0 Å². The van der Waals surface area contributed by atoms with Crippen LogP contribution in [0.5, 0.6) is 0 Å². The average Bonchev–Trinajstić information content (AvgIpc) is 2.64. The zero-order valence-corrected chi connectivity index (χ0v) is 13.0. The van der Waals surface area contributed by atoms with Crippen LogP contribution in [0.2, 0.25) is 0 Å². The molecular formula is C12H20N4O4S. The number of hydrogen-bond acceptors (Lipinski definition) is 5. The van der Waals surface area contributed by atoms with Crippen molar-refractivity contribution in [2.45, 2.75) is 44.6 Å². The highest BCUT2D eigenvalue weighted by molar-refractivity contribution is 7.89. The van der Waals surface area contributed by atoms with Gasteiger partial charge in [0.05, 0.1) is 11.4 Å². The Morgan fingerprint density at radius 2 is 1.90 bits per heavy atom. The van der Waals surface area contributed by atoms with Crippen LogP contribution in [0.3, 0.4) is 0 Å². The summed E-state index contributed by atoms with van der Waals surface area (Å²) >= 11 is 0. The van der Waals surface area contributed by atoms with Crippen molar-refractivity contribution < 1.29 is 18.3 Å². The fourth-order valence-corrected chi connectivity index (χ4v) is 4.09. The topological polar surface area (TPSA) is 105 Å². The number of nitrogens with zero attached hydrogens (tertiary/aromatic N) is 3. The van der Waals surface area contributed by atoms with Crippen LogP contribution in [0, 0.1) is 13.8 Å². The summed E-state index contributed by atoms with van der Waals surface area (Å²) < 4.78 is 26.2. The first-order valence-corrected chi connectivity index (χ1v) is 8.33. The van der Waals surface area contributed by atoms with E-state index in [0.717, 1.165) is 19.3 Å². The van der Waals surface area contributed by atoms with Gasteiger partial charge in [-0.3, -0.25) is 9.48 Å². The highest BCUT2D eigenvalue weighted by atomic mass is 32.2. The second-order valence-electron chi connectivity index (χ2n) is 5.19. The minimum atomic E-state index is -3.74. The number of aromatic nitrogens is 2. The number of piperidine rings is 1. The second kappa shape index (κ2) is 6.12. The fourth-order valence-electron chi connectivity index (χ4n) is 2.55. The van der Waals surface area contributed by atoms with Gasteiger partial charge >= 0.3 is 5.97 Å². The summed E-state index contributed by atoms with van der Waals surface area (Å²) in [5.41, 5.74) is 0.637. The summed E-state index contributed by atoms with van der Waals surface area (Å²) in [6.07, 6.45) is 3.02. The third-order valence-corrected chi connectivity index (χ3v) is 5.10. The monoisotopic (exact) mass is 316 g/mol. The smallest absolute Gasteiger partial charge is 0.325 e. The van der Waals surface area contributed by atoms with Gasteiger partial charge in [0, 0.05) is 13.1 Å². The molecule has 0 aromatic carbocycles. The number of hydrazine groups is 1. The van der Waals surface area contributed by atoms with Crippen molar-refractivity contribution in [1.29, 1.82) is 0 Å². The Morgan fingerprint density at radius 3 is 2.48 bits per heavy atom. The number of aliphatic carboxylic acids is 1. The number of hydrogen-bond donors (Lipinski definition) is 2. The van der Waals surface area contributed by atoms with Crippen molar-refractivity contribution >= 4 is 16.0 Å². The van der Waals surface area contributed by atoms with Gasteiger partial charge in [0.2, 0.25) is 0 Å². The molecule has 2 N–H and O–H groups in total. The molecule has 1 aromatic heterocycles. The van der Waals surface area contributed by atoms with Gasteiger partial charge in [-0.2, -0.15) is 5.10 Å². The Bertz CT molecular complexity index is 632. The van der Waals surface area contributed by atoms with E-state index in [1.54, 1.807) is 18.9 Å². The first-order valence-electron chi connectivity index (χ1n) is 6.84. The third-order valence-electron chi connectivity index (χ3n) is 3.47. The van der Waals surface area contributed by atoms with Gasteiger partial charge in [-0.1, -0.05) is 6.42 Å². The summed E-state index contributed by atoms with van der Waals surface area (Å²) in [6.45, 7) is 4.14. The molecule has 1 aliphatic heterocycles. The molecule has 1 saturated heterocycles. The lowest BCUT2D eigenvalue weighted by atomic mass is 10.2. The van der Waals surface area contributed by atoms with Crippen molar-refractivity contribution in [3.8, 4) is 0 Å². The summed E-state index contributed by atoms with van der Waals surface area (Å²) in [6, 6.07) is 0. The Morgan fingerprint density at radius 1 is 1.29 bits per heavy atom. The van der Waals surface area contributed by atoms with Crippen molar-refractivity contribution in [2.75, 3.05) is 13.1 Å². The average molecular weight is 316 g/mol. The van der Waals surface area contributed by atoms with E-state index in [9.17, 15) is 13.2 Å². The summed E-state index contributed by atoms with van der Waals surface area (Å²) in [7, 11) is -3.74. The number of sulfonamides is 1. The molecule has 1 aliphatic rings. The van der Waals surface area contributed by atoms with Crippen LogP contribution in [0.25, 0.3) is 0 Å². The molecule has 2 heterocycles. The van der Waals surface area contributed by atoms with Crippen LogP contribution < -0.4 is 4.83 Å². The predicted octanol–water partition coefficient (Wildman–Crippen LogP) is 0.264. The largest absolute Gasteiger partial charge is 0.480 e. The number of carbonyl (C=O) groups is 1. The molecule has 9 heteroatoms. The van der Waals surface area contributed by atoms with Crippen LogP contribution in [0.1, 0.15) is 30.7 Å². The van der Waals surface area contributed by atoms with E-state index in [0.29, 0.717) is 24.5 Å².